The van der Waals surface area contributed by atoms with E-state index in [0.717, 1.165) is 0 Å². The van der Waals surface area contributed by atoms with E-state index in [2.05, 4.69) is 9.97 Å². The zero-order chi connectivity index (χ0) is 28.9. The van der Waals surface area contributed by atoms with Crippen molar-refractivity contribution in [3.05, 3.63) is 77.6 Å². The first-order chi connectivity index (χ1) is 19.0. The molecule has 4 rings (SSSR count). The van der Waals surface area contributed by atoms with Gasteiger partial charge in [0.25, 0.3) is 5.91 Å². The largest absolute Gasteiger partial charge is 0.444 e. The number of nitrogens with two attached hydrogens (primary N) is 1. The summed E-state index contributed by atoms with van der Waals surface area (Å²) in [6.07, 6.45) is 1.76. The molecule has 1 aliphatic heterocycles. The van der Waals surface area contributed by atoms with Crippen molar-refractivity contribution in [3.63, 3.8) is 0 Å². The Morgan fingerprint density at radius 1 is 0.900 bits per heavy atom. The summed E-state index contributed by atoms with van der Waals surface area (Å²) >= 11 is 0. The number of carbonyl (C=O) groups excluding carboxylic acids is 2. The summed E-state index contributed by atoms with van der Waals surface area (Å²) in [7, 11) is 0. The summed E-state index contributed by atoms with van der Waals surface area (Å²) < 4.78 is 10.8. The maximum absolute atomic E-state index is 13.2. The van der Waals surface area contributed by atoms with E-state index in [0.29, 0.717) is 55.0 Å². The van der Waals surface area contributed by atoms with Crippen LogP contribution in [0.2, 0.25) is 0 Å². The Morgan fingerprint density at radius 2 is 1.55 bits per heavy atom. The number of amides is 2. The van der Waals surface area contributed by atoms with Crippen LogP contribution in [0.15, 0.2) is 60.8 Å². The minimum absolute atomic E-state index is 0. The molecule has 0 spiro atoms. The number of benzene rings is 2. The van der Waals surface area contributed by atoms with Crippen molar-refractivity contribution >= 4 is 29.6 Å². The average Bonchev–Trinajstić information content (AvgIpc) is 3.19. The predicted octanol–water partition coefficient (Wildman–Crippen LogP) is 4.42. The molecule has 40 heavy (non-hydrogen) atoms. The predicted molar refractivity (Wildman–Crippen MR) is 154 cm³/mol. The number of hydrogen-bond donors (Lipinski definition) is 3. The lowest BCUT2D eigenvalue weighted by atomic mass is 10.1. The van der Waals surface area contributed by atoms with Crippen LogP contribution < -0.4 is 5.73 Å². The van der Waals surface area contributed by atoms with Gasteiger partial charge in [0, 0.05) is 44.3 Å². The summed E-state index contributed by atoms with van der Waals surface area (Å²) in [6.45, 7) is 7.36. The van der Waals surface area contributed by atoms with Crippen molar-refractivity contribution in [1.82, 2.24) is 19.8 Å². The van der Waals surface area contributed by atoms with Crippen LogP contribution in [0.1, 0.15) is 50.2 Å². The monoisotopic (exact) mass is 545 g/mol. The van der Waals surface area contributed by atoms with Gasteiger partial charge in [0.2, 0.25) is 11.8 Å². The van der Waals surface area contributed by atoms with Crippen LogP contribution in [0, 0.1) is 10.8 Å². The lowest BCUT2D eigenvalue weighted by molar-refractivity contribution is 0.0255. The second-order valence-electron chi connectivity index (χ2n) is 10.3. The Hall–Kier alpha value is -4.80. The van der Waals surface area contributed by atoms with Gasteiger partial charge in [0.15, 0.2) is 11.5 Å². The van der Waals surface area contributed by atoms with Crippen LogP contribution in [-0.2, 0) is 9.47 Å². The Kier molecular flexibility index (Phi) is 8.42. The maximum atomic E-state index is 13.2. The van der Waals surface area contributed by atoms with E-state index >= 15 is 0 Å². The Labute approximate surface area is 234 Å². The summed E-state index contributed by atoms with van der Waals surface area (Å²) in [5.41, 5.74) is 7.51. The number of anilines is 1. The molecule has 1 aromatic heterocycles. The number of nitrogens with zero attached hydrogens (tertiary/aromatic N) is 4. The number of nitrogens with one attached hydrogen (secondary N) is 2. The summed E-state index contributed by atoms with van der Waals surface area (Å²) in [6, 6.07) is 15.7. The van der Waals surface area contributed by atoms with Crippen LogP contribution in [0.25, 0.3) is 11.3 Å². The molecule has 0 aliphatic carbocycles. The molecule has 11 heteroatoms. The highest BCUT2D eigenvalue weighted by Crippen LogP contribution is 2.21. The molecule has 1 saturated heterocycles. The first kappa shape index (κ1) is 28.2. The van der Waals surface area contributed by atoms with Gasteiger partial charge >= 0.3 is 6.09 Å². The van der Waals surface area contributed by atoms with Gasteiger partial charge in [-0.25, -0.2) is 14.8 Å². The van der Waals surface area contributed by atoms with E-state index in [4.69, 9.17) is 26.0 Å². The van der Waals surface area contributed by atoms with Gasteiger partial charge < -0.3 is 25.0 Å². The van der Waals surface area contributed by atoms with Crippen LogP contribution in [0.4, 0.5) is 10.6 Å². The second-order valence-corrected chi connectivity index (χ2v) is 10.3. The van der Waals surface area contributed by atoms with Crippen LogP contribution >= 0.6 is 0 Å². The molecule has 3 aromatic rings. The quantitative estimate of drug-likeness (QED) is 0.323. The molecule has 2 amide bonds. The topological polar surface area (TPSA) is 159 Å². The van der Waals surface area contributed by atoms with E-state index < -0.39 is 11.5 Å². The Bertz CT molecular complexity index is 1410. The number of ether oxygens (including phenoxy) is 2. The van der Waals surface area contributed by atoms with E-state index in [1.54, 1.807) is 58.3 Å². The van der Waals surface area contributed by atoms with Gasteiger partial charge in [-0.3, -0.25) is 15.6 Å². The zero-order valence-electron chi connectivity index (χ0n) is 22.8. The van der Waals surface area contributed by atoms with Gasteiger partial charge in [-0.15, -0.1) is 0 Å². The Balaban J connectivity index is 0.00000462. The molecule has 210 valence electrons. The maximum Gasteiger partial charge on any atom is 0.410 e. The molecule has 1 fully saturated rings. The van der Waals surface area contributed by atoms with E-state index in [-0.39, 0.29) is 30.8 Å². The summed E-state index contributed by atoms with van der Waals surface area (Å²) in [5.74, 6) is -0.726. The third-order valence-electron chi connectivity index (χ3n) is 6.12. The van der Waals surface area contributed by atoms with E-state index in [9.17, 15) is 9.59 Å². The van der Waals surface area contributed by atoms with Crippen molar-refractivity contribution in [1.29, 1.82) is 10.8 Å². The normalized spacial score (nSPS) is 13.8. The molecule has 0 saturated carbocycles. The second kappa shape index (κ2) is 11.9. The number of aromatic nitrogens is 2. The molecule has 0 bridgehead atoms. The molecular weight excluding hydrogens is 510 g/mol. The molecule has 4 N–H and O–H groups in total. The zero-order valence-corrected chi connectivity index (χ0v) is 22.8. The molecular formula is C29H35N7O4. The first-order valence-corrected chi connectivity index (χ1v) is 12.9. The highest BCUT2D eigenvalue weighted by atomic mass is 16.6. The van der Waals surface area contributed by atoms with Crippen molar-refractivity contribution in [2.45, 2.75) is 32.8 Å². The van der Waals surface area contributed by atoms with Gasteiger partial charge in [-0.1, -0.05) is 30.3 Å². The SMILES string of the molecule is CC(C)(C)OC(=O)N1CCCN(C(=O)c2ccc(-c3cnc(N)c(C(=N)OC(=N)c4ccccc4)n3)cc2)CC1.[HH]. The molecule has 2 heterocycles. The van der Waals surface area contributed by atoms with Crippen molar-refractivity contribution in [2.24, 2.45) is 0 Å². The van der Waals surface area contributed by atoms with E-state index in [1.807, 2.05) is 26.8 Å². The third-order valence-corrected chi connectivity index (χ3v) is 6.12. The van der Waals surface area contributed by atoms with Gasteiger partial charge in [-0.2, -0.15) is 0 Å². The lowest BCUT2D eigenvalue weighted by Gasteiger charge is -2.26. The Morgan fingerprint density at radius 3 is 2.23 bits per heavy atom. The molecule has 2 aromatic carbocycles. The lowest BCUT2D eigenvalue weighted by Crippen LogP contribution is -2.40. The third kappa shape index (κ3) is 6.99. The highest BCUT2D eigenvalue weighted by Gasteiger charge is 2.26. The van der Waals surface area contributed by atoms with Crippen LogP contribution in [0.5, 0.6) is 0 Å². The van der Waals surface area contributed by atoms with E-state index in [1.165, 1.54) is 6.20 Å². The van der Waals surface area contributed by atoms with Gasteiger partial charge in [-0.05, 0) is 51.5 Å². The van der Waals surface area contributed by atoms with Crippen LogP contribution in [0.3, 0.4) is 0 Å². The molecule has 11 nitrogen and oxygen atoms in total. The first-order valence-electron chi connectivity index (χ1n) is 12.9. The summed E-state index contributed by atoms with van der Waals surface area (Å²) in [4.78, 5) is 37.6. The molecule has 0 atom stereocenters. The van der Waals surface area contributed by atoms with Crippen LogP contribution in [-0.4, -0.2) is 75.3 Å². The van der Waals surface area contributed by atoms with Gasteiger partial charge in [0.05, 0.1) is 11.9 Å². The van der Waals surface area contributed by atoms with Gasteiger partial charge in [0.1, 0.15) is 5.60 Å². The number of rotatable bonds is 4. The minimum Gasteiger partial charge on any atom is -0.444 e. The molecule has 1 aliphatic rings. The number of carbonyl (C=O) groups is 2. The number of nitrogen functional groups attached to an aromatic ring is 1. The van der Waals surface area contributed by atoms with Crippen molar-refractivity contribution in [3.8, 4) is 11.3 Å². The van der Waals surface area contributed by atoms with Crippen molar-refractivity contribution in [2.75, 3.05) is 31.9 Å². The molecule has 0 radical (unpaired) electrons. The van der Waals surface area contributed by atoms with Crippen molar-refractivity contribution < 1.29 is 20.5 Å². The smallest absolute Gasteiger partial charge is 0.410 e. The fourth-order valence-corrected chi connectivity index (χ4v) is 4.10. The number of hydrogen-bond acceptors (Lipinski definition) is 9. The standard InChI is InChI=1S/C29H33N7O4.H2/c1-29(2,3)40-28(38)36-15-7-14-35(16-17-36)27(37)21-12-10-19(11-13-21)22-18-33-24(30)23(34-22)26(32)39-25(31)20-8-5-4-6-9-20;/h4-6,8-13,18,31-32H,7,14-17H2,1-3H3,(H2,30,33);1H. The molecule has 0 unspecified atom stereocenters. The summed E-state index contributed by atoms with van der Waals surface area (Å²) in [5, 5.41) is 16.4. The minimum atomic E-state index is -0.575. The highest BCUT2D eigenvalue weighted by molar-refractivity contribution is 6.05. The fraction of sp³-hybridized carbons (Fsp3) is 0.310. The fourth-order valence-electron chi connectivity index (χ4n) is 4.10. The average molecular weight is 546 g/mol.